The summed E-state index contributed by atoms with van der Waals surface area (Å²) in [5.74, 6) is 2.27. The molecular formula is C16H20N2O3. The molecule has 1 N–H and O–H groups in total. The molecule has 1 aromatic carbocycles. The number of nitrogens with zero attached hydrogens (tertiary/aromatic N) is 2. The summed E-state index contributed by atoms with van der Waals surface area (Å²) < 4.78 is 11.0. The van der Waals surface area contributed by atoms with Crippen LogP contribution in [0.5, 0.6) is 5.75 Å². The van der Waals surface area contributed by atoms with Crippen LogP contribution in [-0.4, -0.2) is 41.3 Å². The van der Waals surface area contributed by atoms with E-state index in [1.165, 1.54) is 0 Å². The van der Waals surface area contributed by atoms with E-state index >= 15 is 0 Å². The van der Waals surface area contributed by atoms with Crippen molar-refractivity contribution in [2.45, 2.75) is 25.4 Å². The molecule has 0 saturated carbocycles. The highest BCUT2D eigenvalue weighted by Gasteiger charge is 2.25. The van der Waals surface area contributed by atoms with Gasteiger partial charge in [0.15, 0.2) is 5.76 Å². The van der Waals surface area contributed by atoms with E-state index in [0.29, 0.717) is 12.4 Å². The van der Waals surface area contributed by atoms with E-state index in [-0.39, 0.29) is 12.6 Å². The van der Waals surface area contributed by atoms with Gasteiger partial charge in [-0.2, -0.15) is 0 Å². The highest BCUT2D eigenvalue weighted by molar-refractivity contribution is 5.57. The van der Waals surface area contributed by atoms with Crippen molar-refractivity contribution in [2.75, 3.05) is 20.3 Å². The molecule has 0 bridgehead atoms. The predicted octanol–water partition coefficient (Wildman–Crippen LogP) is 2.31. The fraction of sp³-hybridized carbons (Fsp3) is 0.438. The van der Waals surface area contributed by atoms with Crippen molar-refractivity contribution in [3.8, 4) is 17.1 Å². The summed E-state index contributed by atoms with van der Waals surface area (Å²) in [6.07, 6.45) is 3.92. The summed E-state index contributed by atoms with van der Waals surface area (Å²) in [6, 6.07) is 7.95. The van der Waals surface area contributed by atoms with Gasteiger partial charge in [0.05, 0.1) is 26.5 Å². The van der Waals surface area contributed by atoms with Crippen LogP contribution in [0.25, 0.3) is 11.3 Å². The monoisotopic (exact) mass is 288 g/mol. The van der Waals surface area contributed by atoms with Crippen LogP contribution >= 0.6 is 0 Å². The van der Waals surface area contributed by atoms with Crippen molar-refractivity contribution in [2.24, 2.45) is 0 Å². The van der Waals surface area contributed by atoms with Crippen LogP contribution in [0.15, 0.2) is 34.9 Å². The van der Waals surface area contributed by atoms with Crippen LogP contribution in [0.4, 0.5) is 0 Å². The number of methoxy groups -OCH3 is 1. The Bertz CT molecular complexity index is 579. The minimum atomic E-state index is 0.200. The first-order valence-electron chi connectivity index (χ1n) is 7.24. The molecule has 0 spiro atoms. The van der Waals surface area contributed by atoms with Crippen molar-refractivity contribution < 1.29 is 14.3 Å². The molecule has 0 radical (unpaired) electrons. The molecule has 1 aliphatic rings. The zero-order valence-corrected chi connectivity index (χ0v) is 12.2. The van der Waals surface area contributed by atoms with Crippen molar-refractivity contribution in [1.82, 2.24) is 9.88 Å². The van der Waals surface area contributed by atoms with Crippen LogP contribution in [-0.2, 0) is 6.54 Å². The number of hydrogen-bond acceptors (Lipinski definition) is 5. The van der Waals surface area contributed by atoms with E-state index in [1.54, 1.807) is 13.3 Å². The van der Waals surface area contributed by atoms with Crippen LogP contribution in [0.3, 0.4) is 0 Å². The summed E-state index contributed by atoms with van der Waals surface area (Å²) >= 11 is 0. The van der Waals surface area contributed by atoms with Gasteiger partial charge >= 0.3 is 0 Å². The first-order valence-corrected chi connectivity index (χ1v) is 7.24. The molecular weight excluding hydrogens is 268 g/mol. The minimum Gasteiger partial charge on any atom is -0.497 e. The van der Waals surface area contributed by atoms with Gasteiger partial charge in [0.2, 0.25) is 5.89 Å². The third kappa shape index (κ3) is 3.09. The van der Waals surface area contributed by atoms with Crippen molar-refractivity contribution >= 4 is 0 Å². The number of aliphatic hydroxyl groups excluding tert-OH is 1. The molecule has 0 amide bonds. The number of aromatic nitrogens is 1. The summed E-state index contributed by atoms with van der Waals surface area (Å²) in [4.78, 5) is 6.57. The van der Waals surface area contributed by atoms with Gasteiger partial charge in [0, 0.05) is 11.6 Å². The number of oxazole rings is 1. The topological polar surface area (TPSA) is 58.7 Å². The van der Waals surface area contributed by atoms with Gasteiger partial charge in [-0.05, 0) is 43.7 Å². The smallest absolute Gasteiger partial charge is 0.209 e. The van der Waals surface area contributed by atoms with Gasteiger partial charge in [0.25, 0.3) is 0 Å². The fourth-order valence-electron chi connectivity index (χ4n) is 2.76. The lowest BCUT2D eigenvalue weighted by Gasteiger charge is -2.20. The number of benzene rings is 1. The van der Waals surface area contributed by atoms with E-state index in [2.05, 4.69) is 9.88 Å². The molecule has 1 aromatic heterocycles. The maximum absolute atomic E-state index is 9.34. The van der Waals surface area contributed by atoms with Gasteiger partial charge in [-0.15, -0.1) is 0 Å². The average molecular weight is 288 g/mol. The fourth-order valence-corrected chi connectivity index (χ4v) is 2.76. The Morgan fingerprint density at radius 2 is 2.19 bits per heavy atom. The highest BCUT2D eigenvalue weighted by atomic mass is 16.5. The lowest BCUT2D eigenvalue weighted by Crippen LogP contribution is -2.31. The normalized spacial score (nSPS) is 19.0. The van der Waals surface area contributed by atoms with E-state index < -0.39 is 0 Å². The molecule has 2 heterocycles. The third-order valence-electron chi connectivity index (χ3n) is 3.98. The maximum Gasteiger partial charge on any atom is 0.209 e. The first kappa shape index (κ1) is 14.1. The Labute approximate surface area is 124 Å². The van der Waals surface area contributed by atoms with Gasteiger partial charge in [-0.1, -0.05) is 0 Å². The Morgan fingerprint density at radius 3 is 2.90 bits per heavy atom. The Balaban J connectivity index is 1.70. The zero-order valence-electron chi connectivity index (χ0n) is 12.2. The summed E-state index contributed by atoms with van der Waals surface area (Å²) in [6.45, 7) is 1.85. The van der Waals surface area contributed by atoms with E-state index in [9.17, 15) is 5.11 Å². The molecule has 1 saturated heterocycles. The van der Waals surface area contributed by atoms with Gasteiger partial charge in [-0.25, -0.2) is 4.98 Å². The van der Waals surface area contributed by atoms with Crippen LogP contribution in [0, 0.1) is 0 Å². The number of ether oxygens (including phenoxy) is 1. The van der Waals surface area contributed by atoms with Gasteiger partial charge in [-0.3, -0.25) is 4.90 Å². The number of aliphatic hydroxyl groups is 1. The second-order valence-electron chi connectivity index (χ2n) is 5.30. The molecule has 21 heavy (non-hydrogen) atoms. The van der Waals surface area contributed by atoms with Gasteiger partial charge < -0.3 is 14.3 Å². The second-order valence-corrected chi connectivity index (χ2v) is 5.30. The maximum atomic E-state index is 9.34. The number of likely N-dealkylation sites (tertiary alicyclic amines) is 1. The standard InChI is InChI=1S/C16H20N2O3/c1-20-14-6-4-12(5-7-14)15-9-17-16(21-15)10-18-8-2-3-13(18)11-19/h4-7,9,13,19H,2-3,8,10-11H2,1H3/t13-/m0/s1. The third-order valence-corrected chi connectivity index (χ3v) is 3.98. The largest absolute Gasteiger partial charge is 0.497 e. The SMILES string of the molecule is COc1ccc(-c2cnc(CN3CCC[C@H]3CO)o2)cc1. The molecule has 5 heteroatoms. The Morgan fingerprint density at radius 1 is 1.38 bits per heavy atom. The molecule has 1 fully saturated rings. The highest BCUT2D eigenvalue weighted by Crippen LogP contribution is 2.25. The first-order chi connectivity index (χ1) is 10.3. The summed E-state index contributed by atoms with van der Waals surface area (Å²) in [5, 5.41) is 9.34. The number of hydrogen-bond donors (Lipinski definition) is 1. The average Bonchev–Trinajstić information content (AvgIpc) is 3.17. The molecule has 0 unspecified atom stereocenters. The molecule has 1 aliphatic heterocycles. The Kier molecular flexibility index (Phi) is 4.22. The minimum absolute atomic E-state index is 0.200. The van der Waals surface area contributed by atoms with Crippen LogP contribution < -0.4 is 4.74 Å². The molecule has 1 atom stereocenters. The summed E-state index contributed by atoms with van der Waals surface area (Å²) in [5.41, 5.74) is 0.981. The molecule has 0 aliphatic carbocycles. The number of rotatable bonds is 5. The predicted molar refractivity (Wildman–Crippen MR) is 79.0 cm³/mol. The lowest BCUT2D eigenvalue weighted by atomic mass is 10.2. The molecule has 112 valence electrons. The van der Waals surface area contributed by atoms with Crippen molar-refractivity contribution in [3.63, 3.8) is 0 Å². The molecule has 5 nitrogen and oxygen atoms in total. The van der Waals surface area contributed by atoms with Crippen LogP contribution in [0.1, 0.15) is 18.7 Å². The van der Waals surface area contributed by atoms with Crippen molar-refractivity contribution in [3.05, 3.63) is 36.4 Å². The summed E-state index contributed by atoms with van der Waals surface area (Å²) in [7, 11) is 1.65. The second kappa shape index (κ2) is 6.28. The van der Waals surface area contributed by atoms with E-state index in [4.69, 9.17) is 9.15 Å². The Hall–Kier alpha value is -1.85. The zero-order chi connectivity index (χ0) is 14.7. The van der Waals surface area contributed by atoms with Crippen LogP contribution in [0.2, 0.25) is 0 Å². The van der Waals surface area contributed by atoms with E-state index in [1.807, 2.05) is 24.3 Å². The molecule has 2 aromatic rings. The molecule has 3 rings (SSSR count). The van der Waals surface area contributed by atoms with Gasteiger partial charge in [0.1, 0.15) is 5.75 Å². The lowest BCUT2D eigenvalue weighted by molar-refractivity contribution is 0.144. The quantitative estimate of drug-likeness (QED) is 0.915. The van der Waals surface area contributed by atoms with E-state index in [0.717, 1.165) is 36.5 Å². The van der Waals surface area contributed by atoms with Crippen molar-refractivity contribution in [1.29, 1.82) is 0 Å².